The Morgan fingerprint density at radius 3 is 2.48 bits per heavy atom. The van der Waals surface area contributed by atoms with E-state index in [-0.39, 0.29) is 31.6 Å². The van der Waals surface area contributed by atoms with Crippen LogP contribution in [0.5, 0.6) is 0 Å². The molecule has 1 fully saturated rings. The second-order valence-electron chi connectivity index (χ2n) is 6.70. The van der Waals surface area contributed by atoms with Gasteiger partial charge in [0.15, 0.2) is 0 Å². The van der Waals surface area contributed by atoms with Gasteiger partial charge in [-0.25, -0.2) is 4.79 Å². The van der Waals surface area contributed by atoms with E-state index in [9.17, 15) is 18.0 Å². The van der Waals surface area contributed by atoms with Gasteiger partial charge in [-0.2, -0.15) is 17.0 Å². The molecule has 1 aliphatic rings. The summed E-state index contributed by atoms with van der Waals surface area (Å²) in [6, 6.07) is 0. The van der Waals surface area contributed by atoms with Crippen molar-refractivity contribution in [3.05, 3.63) is 0 Å². The number of nitrogens with zero attached hydrogens (tertiary/aromatic N) is 2. The van der Waals surface area contributed by atoms with Crippen LogP contribution >= 0.6 is 15.9 Å². The van der Waals surface area contributed by atoms with Gasteiger partial charge in [0.25, 0.3) is 0 Å². The van der Waals surface area contributed by atoms with Gasteiger partial charge in [-0.3, -0.25) is 4.79 Å². The quantitative estimate of drug-likeness (QED) is 0.461. The Hall–Kier alpha value is -0.870. The normalized spacial score (nSPS) is 19.3. The molecule has 1 heterocycles. The zero-order valence-corrected chi connectivity index (χ0v) is 17.6. The minimum Gasteiger partial charge on any atom is -0.466 e. The van der Waals surface area contributed by atoms with Gasteiger partial charge in [0.1, 0.15) is 5.60 Å². The highest BCUT2D eigenvalue weighted by molar-refractivity contribution is 9.09. The topological polar surface area (TPSA) is 93.2 Å². The number of hydrogen-bond acceptors (Lipinski definition) is 6. The molecule has 10 heteroatoms. The molecule has 1 atom stereocenters. The second kappa shape index (κ2) is 9.18. The van der Waals surface area contributed by atoms with Gasteiger partial charge in [0, 0.05) is 18.4 Å². The van der Waals surface area contributed by atoms with Crippen LogP contribution in [-0.4, -0.2) is 66.3 Å². The maximum Gasteiger partial charge on any atom is 0.425 e. The molecule has 146 valence electrons. The van der Waals surface area contributed by atoms with Crippen LogP contribution in [0.4, 0.5) is 4.79 Å². The van der Waals surface area contributed by atoms with Gasteiger partial charge in [-0.05, 0) is 40.5 Å². The first-order valence-electron chi connectivity index (χ1n) is 8.26. The average molecular weight is 443 g/mol. The summed E-state index contributed by atoms with van der Waals surface area (Å²) in [7, 11) is -4.08. The third kappa shape index (κ3) is 6.41. The first-order valence-corrected chi connectivity index (χ1v) is 10.8. The molecule has 0 radical (unpaired) electrons. The van der Waals surface area contributed by atoms with Crippen molar-refractivity contribution in [3.63, 3.8) is 0 Å². The molecule has 1 aliphatic heterocycles. The molecule has 25 heavy (non-hydrogen) atoms. The van der Waals surface area contributed by atoms with Gasteiger partial charge in [0.05, 0.1) is 19.1 Å². The summed E-state index contributed by atoms with van der Waals surface area (Å²) in [6.45, 7) is 7.15. The van der Waals surface area contributed by atoms with E-state index < -0.39 is 33.8 Å². The maximum atomic E-state index is 12.9. The molecule has 0 aromatic heterocycles. The standard InChI is InChI=1S/C15H27BrN2O6S/c1-5-23-13(19)12-7-6-9-17(11-12)25(21,22)18(10-8-16)14(20)24-15(2,3)4/h12H,5-11H2,1-4H3/t12-/m1/s1. The summed E-state index contributed by atoms with van der Waals surface area (Å²) in [5, 5.41) is 0.278. The molecule has 0 aromatic rings. The Morgan fingerprint density at radius 2 is 1.96 bits per heavy atom. The van der Waals surface area contributed by atoms with Crippen LogP contribution in [-0.2, 0) is 24.5 Å². The molecule has 0 saturated carbocycles. The largest absolute Gasteiger partial charge is 0.466 e. The van der Waals surface area contributed by atoms with Crippen LogP contribution < -0.4 is 0 Å². The van der Waals surface area contributed by atoms with E-state index in [2.05, 4.69) is 15.9 Å². The number of ether oxygens (including phenoxy) is 2. The zero-order chi connectivity index (χ0) is 19.3. The van der Waals surface area contributed by atoms with Crippen molar-refractivity contribution < 1.29 is 27.5 Å². The first-order chi connectivity index (χ1) is 11.5. The number of halogens is 1. The summed E-state index contributed by atoms with van der Waals surface area (Å²) in [4.78, 5) is 24.3. The highest BCUT2D eigenvalue weighted by Crippen LogP contribution is 2.23. The first kappa shape index (κ1) is 22.2. The number of carbonyl (C=O) groups excluding carboxylic acids is 2. The lowest BCUT2D eigenvalue weighted by atomic mass is 10.0. The zero-order valence-electron chi connectivity index (χ0n) is 15.2. The lowest BCUT2D eigenvalue weighted by Gasteiger charge is -2.35. The molecule has 1 rings (SSSR count). The Kier molecular flexibility index (Phi) is 8.14. The predicted molar refractivity (Wildman–Crippen MR) is 96.6 cm³/mol. The Morgan fingerprint density at radius 1 is 1.32 bits per heavy atom. The molecule has 0 aliphatic carbocycles. The number of alkyl halides is 1. The molecule has 1 saturated heterocycles. The minimum absolute atomic E-state index is 0.00273. The third-order valence-electron chi connectivity index (χ3n) is 3.49. The van der Waals surface area contributed by atoms with Crippen molar-refractivity contribution >= 4 is 38.2 Å². The van der Waals surface area contributed by atoms with Gasteiger partial charge < -0.3 is 9.47 Å². The number of amides is 1. The number of rotatable bonds is 6. The van der Waals surface area contributed by atoms with E-state index in [0.717, 1.165) is 4.31 Å². The third-order valence-corrected chi connectivity index (χ3v) is 5.72. The summed E-state index contributed by atoms with van der Waals surface area (Å²) in [5.41, 5.74) is -0.813. The van der Waals surface area contributed by atoms with Crippen LogP contribution in [0.3, 0.4) is 0 Å². The smallest absolute Gasteiger partial charge is 0.425 e. The lowest BCUT2D eigenvalue weighted by molar-refractivity contribution is -0.149. The Labute approximate surface area is 158 Å². The van der Waals surface area contributed by atoms with E-state index in [4.69, 9.17) is 9.47 Å². The van der Waals surface area contributed by atoms with Gasteiger partial charge in [-0.15, -0.1) is 0 Å². The van der Waals surface area contributed by atoms with E-state index in [1.54, 1.807) is 27.7 Å². The maximum absolute atomic E-state index is 12.9. The monoisotopic (exact) mass is 442 g/mol. The molecule has 0 spiro atoms. The number of piperidine rings is 1. The fraction of sp³-hybridized carbons (Fsp3) is 0.867. The SMILES string of the molecule is CCOC(=O)[C@@H]1CCCN(S(=O)(=O)N(CCBr)C(=O)OC(C)(C)C)C1. The van der Waals surface area contributed by atoms with E-state index in [1.165, 1.54) is 0 Å². The second-order valence-corrected chi connectivity index (χ2v) is 9.34. The molecule has 0 aromatic carbocycles. The van der Waals surface area contributed by atoms with Crippen molar-refractivity contribution in [1.29, 1.82) is 0 Å². The molecule has 0 unspecified atom stereocenters. The number of esters is 1. The van der Waals surface area contributed by atoms with Crippen molar-refractivity contribution in [2.75, 3.05) is 31.6 Å². The van der Waals surface area contributed by atoms with Crippen LogP contribution in [0.25, 0.3) is 0 Å². The van der Waals surface area contributed by atoms with E-state index in [1.807, 2.05) is 0 Å². The van der Waals surface area contributed by atoms with Crippen LogP contribution in [0.2, 0.25) is 0 Å². The van der Waals surface area contributed by atoms with Gasteiger partial charge in [0.2, 0.25) is 0 Å². The Bertz CT molecular complexity index is 575. The van der Waals surface area contributed by atoms with E-state index in [0.29, 0.717) is 17.1 Å². The average Bonchev–Trinajstić information content (AvgIpc) is 2.51. The highest BCUT2D eigenvalue weighted by atomic mass is 79.9. The molecule has 0 N–H and O–H groups in total. The molecule has 1 amide bonds. The van der Waals surface area contributed by atoms with Gasteiger partial charge >= 0.3 is 22.3 Å². The molecular formula is C15H27BrN2O6S. The fourth-order valence-electron chi connectivity index (χ4n) is 2.43. The summed E-state index contributed by atoms with van der Waals surface area (Å²) in [5.74, 6) is -0.931. The van der Waals surface area contributed by atoms with Crippen molar-refractivity contribution in [2.45, 2.75) is 46.1 Å². The fourth-order valence-corrected chi connectivity index (χ4v) is 4.58. The molecule has 0 bridgehead atoms. The number of hydrogen-bond donors (Lipinski definition) is 0. The predicted octanol–water partition coefficient (Wildman–Crippen LogP) is 2.14. The van der Waals surface area contributed by atoms with Crippen LogP contribution in [0.1, 0.15) is 40.5 Å². The Balaban J connectivity index is 2.97. The van der Waals surface area contributed by atoms with Crippen molar-refractivity contribution in [2.24, 2.45) is 5.92 Å². The molecular weight excluding hydrogens is 416 g/mol. The summed E-state index contributed by atoms with van der Waals surface area (Å²) < 4.78 is 37.9. The van der Waals surface area contributed by atoms with Crippen molar-refractivity contribution in [3.8, 4) is 0 Å². The van der Waals surface area contributed by atoms with Crippen molar-refractivity contribution in [1.82, 2.24) is 8.61 Å². The summed E-state index contributed by atoms with van der Waals surface area (Å²) >= 11 is 3.16. The van der Waals surface area contributed by atoms with Gasteiger partial charge in [-0.1, -0.05) is 15.9 Å². The van der Waals surface area contributed by atoms with Crippen LogP contribution in [0.15, 0.2) is 0 Å². The highest BCUT2D eigenvalue weighted by Gasteiger charge is 2.39. The van der Waals surface area contributed by atoms with E-state index >= 15 is 0 Å². The molecule has 8 nitrogen and oxygen atoms in total. The lowest BCUT2D eigenvalue weighted by Crippen LogP contribution is -2.52. The van der Waals surface area contributed by atoms with Crippen LogP contribution in [0, 0.1) is 5.92 Å². The summed E-state index contributed by atoms with van der Waals surface area (Å²) in [6.07, 6.45) is 0.166. The minimum atomic E-state index is -4.08. The number of carbonyl (C=O) groups is 2.